The van der Waals surface area contributed by atoms with E-state index in [4.69, 9.17) is 0 Å². The second kappa shape index (κ2) is 8.37. The maximum Gasteiger partial charge on any atom is 0.308 e. The van der Waals surface area contributed by atoms with Crippen molar-refractivity contribution in [2.24, 2.45) is 5.92 Å². The fourth-order valence-electron chi connectivity index (χ4n) is 2.52. The van der Waals surface area contributed by atoms with Crippen molar-refractivity contribution in [2.45, 2.75) is 19.8 Å². The van der Waals surface area contributed by atoms with Crippen LogP contribution in [0.15, 0.2) is 42.5 Å². The quantitative estimate of drug-likeness (QED) is 0.809. The molecule has 0 aromatic heterocycles. The van der Waals surface area contributed by atoms with Gasteiger partial charge in [-0.3, -0.25) is 9.59 Å². The zero-order valence-electron chi connectivity index (χ0n) is 13.8. The summed E-state index contributed by atoms with van der Waals surface area (Å²) in [6.07, 6.45) is -0.0774. The lowest BCUT2D eigenvalue weighted by atomic mass is 9.98. The van der Waals surface area contributed by atoms with E-state index in [1.807, 2.05) is 31.2 Å². The summed E-state index contributed by atoms with van der Waals surface area (Å²) < 4.78 is 26.7. The fraction of sp³-hybridized carbons (Fsp3) is 0.263. The lowest BCUT2D eigenvalue weighted by Gasteiger charge is -2.14. The molecule has 132 valence electrons. The van der Waals surface area contributed by atoms with E-state index in [0.717, 1.165) is 29.3 Å². The summed E-state index contributed by atoms with van der Waals surface area (Å²) in [5.74, 6) is -3.69. The highest BCUT2D eigenvalue weighted by atomic mass is 19.1. The first-order chi connectivity index (χ1) is 11.8. The second-order valence-corrected chi connectivity index (χ2v) is 5.94. The van der Waals surface area contributed by atoms with Gasteiger partial charge >= 0.3 is 5.97 Å². The molecule has 2 N–H and O–H groups in total. The van der Waals surface area contributed by atoms with Crippen LogP contribution < -0.4 is 5.32 Å². The van der Waals surface area contributed by atoms with E-state index >= 15 is 0 Å². The van der Waals surface area contributed by atoms with Gasteiger partial charge in [-0.2, -0.15) is 0 Å². The van der Waals surface area contributed by atoms with E-state index in [1.165, 1.54) is 0 Å². The van der Waals surface area contributed by atoms with Crippen LogP contribution in [0, 0.1) is 24.5 Å². The summed E-state index contributed by atoms with van der Waals surface area (Å²) in [4.78, 5) is 23.3. The number of hydrogen-bond acceptors (Lipinski definition) is 2. The molecule has 0 saturated carbocycles. The Bertz CT molecular complexity index is 777. The molecule has 1 unspecified atom stereocenters. The predicted molar refractivity (Wildman–Crippen MR) is 89.1 cm³/mol. The van der Waals surface area contributed by atoms with Crippen LogP contribution in [0.5, 0.6) is 0 Å². The van der Waals surface area contributed by atoms with Gasteiger partial charge in [0, 0.05) is 12.1 Å². The molecule has 4 nitrogen and oxygen atoms in total. The van der Waals surface area contributed by atoms with Crippen molar-refractivity contribution in [3.8, 4) is 0 Å². The molecule has 0 aliphatic heterocycles. The van der Waals surface area contributed by atoms with Crippen LogP contribution in [0.4, 0.5) is 8.78 Å². The van der Waals surface area contributed by atoms with Gasteiger partial charge in [-0.25, -0.2) is 8.78 Å². The van der Waals surface area contributed by atoms with Gasteiger partial charge in [0.1, 0.15) is 11.6 Å². The van der Waals surface area contributed by atoms with E-state index in [1.54, 1.807) is 0 Å². The normalized spacial score (nSPS) is 11.8. The largest absolute Gasteiger partial charge is 0.481 e. The van der Waals surface area contributed by atoms with Gasteiger partial charge in [-0.15, -0.1) is 0 Å². The molecule has 2 rings (SSSR count). The van der Waals surface area contributed by atoms with Gasteiger partial charge in [0.2, 0.25) is 5.91 Å². The lowest BCUT2D eigenvalue weighted by molar-refractivity contribution is -0.141. The van der Waals surface area contributed by atoms with Crippen LogP contribution >= 0.6 is 0 Å². The molecule has 1 atom stereocenters. The van der Waals surface area contributed by atoms with Gasteiger partial charge in [-0.05, 0) is 37.1 Å². The Morgan fingerprint density at radius 2 is 1.92 bits per heavy atom. The summed E-state index contributed by atoms with van der Waals surface area (Å²) in [6.45, 7) is 1.83. The number of nitrogens with one attached hydrogen (secondary N) is 1. The topological polar surface area (TPSA) is 66.4 Å². The maximum atomic E-state index is 13.5. The molecule has 2 aromatic rings. The van der Waals surface area contributed by atoms with Crippen LogP contribution in [0.2, 0.25) is 0 Å². The second-order valence-electron chi connectivity index (χ2n) is 5.94. The third-order valence-corrected chi connectivity index (χ3v) is 3.82. The molecule has 0 aliphatic carbocycles. The summed E-state index contributed by atoms with van der Waals surface area (Å²) in [7, 11) is 0. The Morgan fingerprint density at radius 3 is 2.60 bits per heavy atom. The first kappa shape index (κ1) is 18.6. The average Bonchev–Trinajstić information content (AvgIpc) is 2.54. The number of amides is 1. The Labute approximate surface area is 144 Å². The highest BCUT2D eigenvalue weighted by Gasteiger charge is 2.19. The third kappa shape index (κ3) is 5.67. The summed E-state index contributed by atoms with van der Waals surface area (Å²) in [5.41, 5.74) is 1.81. The molecule has 0 fully saturated rings. The molecular formula is C19H19F2NO3. The summed E-state index contributed by atoms with van der Waals surface area (Å²) in [6, 6.07) is 10.3. The maximum absolute atomic E-state index is 13.5. The average molecular weight is 347 g/mol. The number of rotatable bonds is 7. The SMILES string of the molecule is Cc1cccc(CC(CNC(=O)Cc2cc(F)ccc2F)C(=O)O)c1. The van der Waals surface area contributed by atoms with Crippen molar-refractivity contribution in [1.29, 1.82) is 0 Å². The molecule has 0 heterocycles. The number of carbonyl (C=O) groups is 2. The van der Waals surface area contributed by atoms with Crippen LogP contribution in [0.25, 0.3) is 0 Å². The number of carboxylic acids is 1. The minimum atomic E-state index is -1.03. The molecule has 0 bridgehead atoms. The number of carbonyl (C=O) groups excluding carboxylic acids is 1. The van der Waals surface area contributed by atoms with Crippen molar-refractivity contribution >= 4 is 11.9 Å². The Kier molecular flexibility index (Phi) is 6.22. The van der Waals surface area contributed by atoms with E-state index in [9.17, 15) is 23.5 Å². The van der Waals surface area contributed by atoms with E-state index < -0.39 is 29.4 Å². The number of aryl methyl sites for hydroxylation is 1. The molecular weight excluding hydrogens is 328 g/mol. The van der Waals surface area contributed by atoms with E-state index in [2.05, 4.69) is 5.32 Å². The highest BCUT2D eigenvalue weighted by Crippen LogP contribution is 2.12. The summed E-state index contributed by atoms with van der Waals surface area (Å²) >= 11 is 0. The Morgan fingerprint density at radius 1 is 1.16 bits per heavy atom. The van der Waals surface area contributed by atoms with Crippen molar-refractivity contribution in [2.75, 3.05) is 6.54 Å². The van der Waals surface area contributed by atoms with Gasteiger partial charge in [0.25, 0.3) is 0 Å². The molecule has 0 saturated heterocycles. The summed E-state index contributed by atoms with van der Waals surface area (Å²) in [5, 5.41) is 11.8. The number of hydrogen-bond donors (Lipinski definition) is 2. The fourth-order valence-corrected chi connectivity index (χ4v) is 2.52. The van der Waals surface area contributed by atoms with Crippen molar-refractivity contribution in [1.82, 2.24) is 5.32 Å². The molecule has 6 heteroatoms. The molecule has 2 aromatic carbocycles. The number of benzene rings is 2. The van der Waals surface area contributed by atoms with Crippen LogP contribution in [-0.4, -0.2) is 23.5 Å². The molecule has 0 aliphatic rings. The van der Waals surface area contributed by atoms with Crippen molar-refractivity contribution < 1.29 is 23.5 Å². The van der Waals surface area contributed by atoms with Gasteiger partial charge < -0.3 is 10.4 Å². The van der Waals surface area contributed by atoms with Gasteiger partial charge in [0.05, 0.1) is 12.3 Å². The van der Waals surface area contributed by atoms with E-state index in [-0.39, 0.29) is 24.9 Å². The molecule has 25 heavy (non-hydrogen) atoms. The number of halogens is 2. The highest BCUT2D eigenvalue weighted by molar-refractivity contribution is 5.79. The van der Waals surface area contributed by atoms with Crippen LogP contribution in [0.3, 0.4) is 0 Å². The zero-order valence-corrected chi connectivity index (χ0v) is 13.8. The zero-order chi connectivity index (χ0) is 18.4. The molecule has 0 radical (unpaired) electrons. The predicted octanol–water partition coefficient (Wildman–Crippen LogP) is 2.88. The van der Waals surface area contributed by atoms with E-state index in [0.29, 0.717) is 0 Å². The Balaban J connectivity index is 1.95. The van der Waals surface area contributed by atoms with Gasteiger partial charge in [0.15, 0.2) is 0 Å². The van der Waals surface area contributed by atoms with Crippen molar-refractivity contribution in [3.05, 3.63) is 70.8 Å². The lowest BCUT2D eigenvalue weighted by Crippen LogP contribution is -2.35. The smallest absolute Gasteiger partial charge is 0.308 e. The van der Waals surface area contributed by atoms with Crippen LogP contribution in [0.1, 0.15) is 16.7 Å². The van der Waals surface area contributed by atoms with Gasteiger partial charge in [-0.1, -0.05) is 29.8 Å². The minimum absolute atomic E-state index is 0.0666. The molecule has 1 amide bonds. The number of carboxylic acid groups (broad SMARTS) is 1. The molecule has 0 spiro atoms. The standard InChI is InChI=1S/C19H19F2NO3/c1-12-3-2-4-13(7-12)8-15(19(24)25)11-22-18(23)10-14-9-16(20)5-6-17(14)21/h2-7,9,15H,8,10-11H2,1H3,(H,22,23)(H,24,25). The minimum Gasteiger partial charge on any atom is -0.481 e. The first-order valence-corrected chi connectivity index (χ1v) is 7.84. The van der Waals surface area contributed by atoms with Crippen LogP contribution in [-0.2, 0) is 22.4 Å². The third-order valence-electron chi connectivity index (χ3n) is 3.82. The number of aliphatic carboxylic acids is 1. The first-order valence-electron chi connectivity index (χ1n) is 7.84. The monoisotopic (exact) mass is 347 g/mol. The van der Waals surface area contributed by atoms with Crippen molar-refractivity contribution in [3.63, 3.8) is 0 Å². The Hall–Kier alpha value is -2.76.